The minimum atomic E-state index is -0.745. The van der Waals surface area contributed by atoms with Crippen LogP contribution in [0.5, 0.6) is 0 Å². The maximum absolute atomic E-state index is 11.1. The summed E-state index contributed by atoms with van der Waals surface area (Å²) < 4.78 is 0. The number of amides is 1. The first-order valence-electron chi connectivity index (χ1n) is 5.42. The van der Waals surface area contributed by atoms with E-state index in [1.165, 1.54) is 0 Å². The predicted octanol–water partition coefficient (Wildman–Crippen LogP) is 1.27. The van der Waals surface area contributed by atoms with Crippen LogP contribution in [0.15, 0.2) is 0 Å². The third kappa shape index (κ3) is 1.38. The Balaban J connectivity index is 2.09. The first-order valence-corrected chi connectivity index (χ1v) is 5.42. The molecule has 0 aromatic rings. The van der Waals surface area contributed by atoms with Gasteiger partial charge in [-0.3, -0.25) is 4.90 Å². The van der Waals surface area contributed by atoms with Gasteiger partial charge in [0, 0.05) is 19.1 Å². The summed E-state index contributed by atoms with van der Waals surface area (Å²) >= 11 is 0. The van der Waals surface area contributed by atoms with Crippen LogP contribution < -0.4 is 5.32 Å². The van der Waals surface area contributed by atoms with Crippen molar-refractivity contribution in [3.05, 3.63) is 0 Å². The summed E-state index contributed by atoms with van der Waals surface area (Å²) in [6.45, 7) is 3.68. The van der Waals surface area contributed by atoms with E-state index in [1.54, 1.807) is 4.90 Å². The molecule has 0 aromatic carbocycles. The number of carbonyl (C=O) groups is 1. The molecule has 2 fully saturated rings. The summed E-state index contributed by atoms with van der Waals surface area (Å²) in [5, 5.41) is 12.5. The third-order valence-corrected chi connectivity index (χ3v) is 3.55. The molecular formula is C10H18N2O2. The molecule has 2 rings (SSSR count). The lowest BCUT2D eigenvalue weighted by atomic mass is 9.92. The molecular weight excluding hydrogens is 180 g/mol. The summed E-state index contributed by atoms with van der Waals surface area (Å²) in [5.74, 6) is 0. The highest BCUT2D eigenvalue weighted by Crippen LogP contribution is 2.38. The van der Waals surface area contributed by atoms with E-state index in [9.17, 15) is 4.79 Å². The lowest BCUT2D eigenvalue weighted by Gasteiger charge is -2.36. The SMILES string of the molecule is CCCCC12CNC(CN1C(=O)O)C2. The zero-order chi connectivity index (χ0) is 10.2. The van der Waals surface area contributed by atoms with E-state index < -0.39 is 6.09 Å². The van der Waals surface area contributed by atoms with Crippen LogP contribution in [0, 0.1) is 0 Å². The molecule has 2 unspecified atom stereocenters. The Kier molecular flexibility index (Phi) is 2.39. The molecule has 4 heteroatoms. The van der Waals surface area contributed by atoms with Crippen LogP contribution in [0.4, 0.5) is 4.79 Å². The second-order valence-corrected chi connectivity index (χ2v) is 4.50. The van der Waals surface area contributed by atoms with E-state index in [-0.39, 0.29) is 5.54 Å². The smallest absolute Gasteiger partial charge is 0.407 e. The van der Waals surface area contributed by atoms with Crippen LogP contribution in [0.25, 0.3) is 0 Å². The van der Waals surface area contributed by atoms with Crippen molar-refractivity contribution in [3.8, 4) is 0 Å². The Labute approximate surface area is 84.3 Å². The van der Waals surface area contributed by atoms with Crippen molar-refractivity contribution in [2.75, 3.05) is 13.1 Å². The average Bonchev–Trinajstić information content (AvgIpc) is 2.71. The normalized spacial score (nSPS) is 35.2. The van der Waals surface area contributed by atoms with Gasteiger partial charge in [0.25, 0.3) is 0 Å². The maximum atomic E-state index is 11.1. The minimum Gasteiger partial charge on any atom is -0.465 e. The number of piperazine rings is 1. The van der Waals surface area contributed by atoms with E-state index in [0.717, 1.165) is 32.2 Å². The molecule has 2 aliphatic heterocycles. The Bertz CT molecular complexity index is 244. The van der Waals surface area contributed by atoms with Crippen LogP contribution in [0.1, 0.15) is 32.6 Å². The molecule has 2 heterocycles. The number of fused-ring (bicyclic) bond motifs is 2. The highest BCUT2D eigenvalue weighted by Gasteiger charge is 2.52. The molecule has 4 nitrogen and oxygen atoms in total. The number of unbranched alkanes of at least 4 members (excludes halogenated alkanes) is 1. The Morgan fingerprint density at radius 2 is 2.50 bits per heavy atom. The van der Waals surface area contributed by atoms with Crippen molar-refractivity contribution in [2.24, 2.45) is 0 Å². The molecule has 80 valence electrons. The number of likely N-dealkylation sites (tertiary alicyclic amines) is 1. The highest BCUT2D eigenvalue weighted by molar-refractivity contribution is 5.67. The van der Waals surface area contributed by atoms with E-state index >= 15 is 0 Å². The van der Waals surface area contributed by atoms with E-state index in [2.05, 4.69) is 12.2 Å². The molecule has 2 bridgehead atoms. The van der Waals surface area contributed by atoms with Crippen LogP contribution in [0.2, 0.25) is 0 Å². The molecule has 2 saturated heterocycles. The number of hydrogen-bond acceptors (Lipinski definition) is 2. The lowest BCUT2D eigenvalue weighted by Crippen LogP contribution is -2.54. The zero-order valence-corrected chi connectivity index (χ0v) is 8.62. The zero-order valence-electron chi connectivity index (χ0n) is 8.62. The van der Waals surface area contributed by atoms with E-state index in [1.807, 2.05) is 0 Å². The van der Waals surface area contributed by atoms with Crippen molar-refractivity contribution < 1.29 is 9.90 Å². The standard InChI is InChI=1S/C10H18N2O2/c1-2-3-4-10-5-8(11-7-10)6-12(10)9(13)14/h8,11H,2-7H2,1H3,(H,13,14). The number of hydrogen-bond donors (Lipinski definition) is 2. The van der Waals surface area contributed by atoms with E-state index in [0.29, 0.717) is 12.6 Å². The monoisotopic (exact) mass is 198 g/mol. The van der Waals surface area contributed by atoms with Crippen molar-refractivity contribution in [3.63, 3.8) is 0 Å². The van der Waals surface area contributed by atoms with Gasteiger partial charge in [0.15, 0.2) is 0 Å². The predicted molar refractivity (Wildman–Crippen MR) is 53.4 cm³/mol. The fraction of sp³-hybridized carbons (Fsp3) is 0.900. The molecule has 2 aliphatic rings. The van der Waals surface area contributed by atoms with E-state index in [4.69, 9.17) is 5.11 Å². The summed E-state index contributed by atoms with van der Waals surface area (Å²) in [5.41, 5.74) is -0.0769. The topological polar surface area (TPSA) is 52.6 Å². The number of nitrogens with zero attached hydrogens (tertiary/aromatic N) is 1. The summed E-state index contributed by atoms with van der Waals surface area (Å²) in [4.78, 5) is 12.7. The van der Waals surface area contributed by atoms with Gasteiger partial charge in [-0.05, 0) is 12.8 Å². The molecule has 14 heavy (non-hydrogen) atoms. The minimum absolute atomic E-state index is 0.0769. The molecule has 0 aliphatic carbocycles. The van der Waals surface area contributed by atoms with Crippen LogP contribution in [-0.4, -0.2) is 40.8 Å². The Morgan fingerprint density at radius 3 is 3.07 bits per heavy atom. The van der Waals surface area contributed by atoms with Crippen molar-refractivity contribution >= 4 is 6.09 Å². The number of nitrogens with one attached hydrogen (secondary N) is 1. The number of rotatable bonds is 3. The van der Waals surface area contributed by atoms with Gasteiger partial charge in [-0.1, -0.05) is 19.8 Å². The Morgan fingerprint density at radius 1 is 1.71 bits per heavy atom. The average molecular weight is 198 g/mol. The maximum Gasteiger partial charge on any atom is 0.407 e. The van der Waals surface area contributed by atoms with Gasteiger partial charge in [0.1, 0.15) is 0 Å². The first-order chi connectivity index (χ1) is 6.68. The number of carboxylic acid groups (broad SMARTS) is 1. The van der Waals surface area contributed by atoms with Crippen molar-refractivity contribution in [1.82, 2.24) is 10.2 Å². The highest BCUT2D eigenvalue weighted by atomic mass is 16.4. The van der Waals surface area contributed by atoms with Crippen molar-refractivity contribution in [2.45, 2.75) is 44.2 Å². The fourth-order valence-corrected chi connectivity index (χ4v) is 2.80. The molecule has 0 saturated carbocycles. The summed E-state index contributed by atoms with van der Waals surface area (Å²) in [6, 6.07) is 0.406. The van der Waals surface area contributed by atoms with Crippen LogP contribution >= 0.6 is 0 Å². The van der Waals surface area contributed by atoms with Gasteiger partial charge in [-0.2, -0.15) is 0 Å². The molecule has 2 N–H and O–H groups in total. The first kappa shape index (κ1) is 9.77. The van der Waals surface area contributed by atoms with Gasteiger partial charge in [0.05, 0.1) is 5.54 Å². The molecule has 0 radical (unpaired) electrons. The second-order valence-electron chi connectivity index (χ2n) is 4.50. The lowest BCUT2D eigenvalue weighted by molar-refractivity contribution is 0.0908. The van der Waals surface area contributed by atoms with Gasteiger partial charge in [-0.25, -0.2) is 4.79 Å². The van der Waals surface area contributed by atoms with Gasteiger partial charge in [-0.15, -0.1) is 0 Å². The van der Waals surface area contributed by atoms with Gasteiger partial charge < -0.3 is 10.4 Å². The van der Waals surface area contributed by atoms with Crippen LogP contribution in [0.3, 0.4) is 0 Å². The molecule has 1 amide bonds. The van der Waals surface area contributed by atoms with Crippen molar-refractivity contribution in [1.29, 1.82) is 0 Å². The quantitative estimate of drug-likeness (QED) is 0.718. The van der Waals surface area contributed by atoms with Gasteiger partial charge in [0.2, 0.25) is 0 Å². The van der Waals surface area contributed by atoms with Crippen LogP contribution in [-0.2, 0) is 0 Å². The Hall–Kier alpha value is -0.770. The molecule has 0 aromatic heterocycles. The molecule has 0 spiro atoms. The fourth-order valence-electron chi connectivity index (χ4n) is 2.80. The molecule has 2 atom stereocenters. The third-order valence-electron chi connectivity index (χ3n) is 3.55. The largest absolute Gasteiger partial charge is 0.465 e. The van der Waals surface area contributed by atoms with Gasteiger partial charge >= 0.3 is 6.09 Å². The second kappa shape index (κ2) is 3.42. The summed E-state index contributed by atoms with van der Waals surface area (Å²) in [7, 11) is 0. The summed E-state index contributed by atoms with van der Waals surface area (Å²) in [6.07, 6.45) is 3.54.